The Morgan fingerprint density at radius 1 is 1.06 bits per heavy atom. The van der Waals surface area contributed by atoms with Crippen molar-refractivity contribution in [2.45, 2.75) is 51.7 Å². The van der Waals surface area contributed by atoms with Crippen molar-refractivity contribution in [3.05, 3.63) is 65.2 Å². The number of rotatable bonds is 8. The number of anilines is 1. The first kappa shape index (κ1) is 26.3. The number of nitrogens with zero attached hydrogens (tertiary/aromatic N) is 1. The lowest BCUT2D eigenvalue weighted by Gasteiger charge is -2.39. The van der Waals surface area contributed by atoms with Crippen molar-refractivity contribution in [3.63, 3.8) is 0 Å². The third kappa shape index (κ3) is 5.67. The lowest BCUT2D eigenvalue weighted by molar-refractivity contribution is -0.144. The molecular formula is C26H32F2N4O3. The number of halogens is 2. The Morgan fingerprint density at radius 2 is 1.71 bits per heavy atom. The number of benzene rings is 2. The second-order valence-electron chi connectivity index (χ2n) is 8.85. The Kier molecular flexibility index (Phi) is 8.56. The fourth-order valence-corrected chi connectivity index (χ4v) is 4.17. The van der Waals surface area contributed by atoms with Gasteiger partial charge in [-0.3, -0.25) is 14.4 Å². The summed E-state index contributed by atoms with van der Waals surface area (Å²) >= 11 is 0. The molecule has 0 bridgehead atoms. The number of amides is 3. The van der Waals surface area contributed by atoms with Gasteiger partial charge in [-0.05, 0) is 49.6 Å². The molecule has 2 aromatic carbocycles. The zero-order valence-electron chi connectivity index (χ0n) is 20.4. The van der Waals surface area contributed by atoms with Crippen LogP contribution in [-0.2, 0) is 20.8 Å². The summed E-state index contributed by atoms with van der Waals surface area (Å²) in [6.07, 6.45) is 1.13. The molecule has 9 heteroatoms. The Balaban J connectivity index is 1.98. The average molecular weight is 487 g/mol. The summed E-state index contributed by atoms with van der Waals surface area (Å²) < 4.78 is 28.5. The van der Waals surface area contributed by atoms with E-state index in [0.29, 0.717) is 18.4 Å². The van der Waals surface area contributed by atoms with Gasteiger partial charge in [0.25, 0.3) is 5.91 Å². The highest BCUT2D eigenvalue weighted by molar-refractivity contribution is 6.00. The second kappa shape index (κ2) is 11.4. The molecule has 0 aliphatic carbocycles. The number of hydrogen-bond donors (Lipinski definition) is 3. The first-order valence-corrected chi connectivity index (χ1v) is 11.8. The van der Waals surface area contributed by atoms with Gasteiger partial charge < -0.3 is 20.9 Å². The normalized spacial score (nSPS) is 17.7. The molecule has 3 rings (SSSR count). The quantitative estimate of drug-likeness (QED) is 0.535. The van der Waals surface area contributed by atoms with Crippen LogP contribution in [0.1, 0.15) is 44.4 Å². The molecule has 0 aromatic heterocycles. The predicted octanol–water partition coefficient (Wildman–Crippen LogP) is 3.17. The molecule has 0 spiro atoms. The fraction of sp³-hybridized carbons (Fsp3) is 0.423. The summed E-state index contributed by atoms with van der Waals surface area (Å²) in [4.78, 5) is 41.3. The van der Waals surface area contributed by atoms with Gasteiger partial charge in [-0.2, -0.15) is 0 Å². The predicted molar refractivity (Wildman–Crippen MR) is 129 cm³/mol. The minimum absolute atomic E-state index is 0.208. The number of carbonyl (C=O) groups is 3. The third-order valence-corrected chi connectivity index (χ3v) is 6.63. The van der Waals surface area contributed by atoms with Gasteiger partial charge in [0.15, 0.2) is 0 Å². The summed E-state index contributed by atoms with van der Waals surface area (Å²) in [6, 6.07) is 7.99. The monoisotopic (exact) mass is 486 g/mol. The fourth-order valence-electron chi connectivity index (χ4n) is 4.17. The number of likely N-dealkylation sites (N-methyl/N-ethyl adjacent to an activating group) is 1. The van der Waals surface area contributed by atoms with Gasteiger partial charge in [-0.25, -0.2) is 8.78 Å². The smallest absolute Gasteiger partial charge is 0.251 e. The zero-order chi connectivity index (χ0) is 25.7. The molecule has 1 heterocycles. The largest absolute Gasteiger partial charge is 0.343 e. The Labute approximate surface area is 204 Å². The van der Waals surface area contributed by atoms with E-state index in [9.17, 15) is 23.2 Å². The molecular weight excluding hydrogens is 454 g/mol. The summed E-state index contributed by atoms with van der Waals surface area (Å²) in [5, 5.41) is 8.02. The summed E-state index contributed by atoms with van der Waals surface area (Å²) in [5.74, 6) is -3.51. The van der Waals surface area contributed by atoms with Crippen LogP contribution in [0.2, 0.25) is 0 Å². The average Bonchev–Trinajstić information content (AvgIpc) is 2.87. The van der Waals surface area contributed by atoms with Crippen LogP contribution in [0.5, 0.6) is 0 Å². The lowest BCUT2D eigenvalue weighted by atomic mass is 9.89. The minimum atomic E-state index is -1.11. The van der Waals surface area contributed by atoms with Crippen molar-refractivity contribution in [1.82, 2.24) is 15.5 Å². The molecule has 0 saturated heterocycles. The van der Waals surface area contributed by atoms with Gasteiger partial charge >= 0.3 is 0 Å². The minimum Gasteiger partial charge on any atom is -0.343 e. The van der Waals surface area contributed by atoms with Crippen LogP contribution in [-0.4, -0.2) is 48.3 Å². The zero-order valence-corrected chi connectivity index (χ0v) is 20.4. The molecule has 4 atom stereocenters. The Hall–Kier alpha value is -3.33. The van der Waals surface area contributed by atoms with E-state index < -0.39 is 47.3 Å². The van der Waals surface area contributed by atoms with Gasteiger partial charge in [0.1, 0.15) is 29.4 Å². The van der Waals surface area contributed by atoms with Crippen LogP contribution in [0, 0.1) is 17.6 Å². The van der Waals surface area contributed by atoms with Crippen molar-refractivity contribution >= 4 is 23.4 Å². The van der Waals surface area contributed by atoms with E-state index in [-0.39, 0.29) is 18.4 Å². The number of fused-ring (bicyclic) bond motifs is 1. The highest BCUT2D eigenvalue weighted by Gasteiger charge is 2.40. The number of para-hydroxylation sites is 1. The molecule has 188 valence electrons. The molecule has 1 aliphatic heterocycles. The van der Waals surface area contributed by atoms with Crippen LogP contribution >= 0.6 is 0 Å². The summed E-state index contributed by atoms with van der Waals surface area (Å²) in [7, 11) is 1.65. The maximum atomic E-state index is 14.3. The van der Waals surface area contributed by atoms with E-state index in [1.165, 1.54) is 11.0 Å². The van der Waals surface area contributed by atoms with Gasteiger partial charge in [0.2, 0.25) is 11.8 Å². The second-order valence-corrected chi connectivity index (χ2v) is 8.85. The van der Waals surface area contributed by atoms with Crippen molar-refractivity contribution in [2.75, 3.05) is 18.9 Å². The first-order valence-electron chi connectivity index (χ1n) is 11.8. The first-order chi connectivity index (χ1) is 16.7. The van der Waals surface area contributed by atoms with E-state index in [0.717, 1.165) is 17.7 Å². The molecule has 0 fully saturated rings. The topological polar surface area (TPSA) is 90.5 Å². The van der Waals surface area contributed by atoms with Crippen molar-refractivity contribution in [2.24, 2.45) is 5.92 Å². The van der Waals surface area contributed by atoms with E-state index in [1.807, 2.05) is 26.0 Å². The SMILES string of the molecule is CCC(C)C(NC(=O)C(C)NC)C(=O)N1CCc2ccccc2C1C(=O)Nc1c(F)cccc1F. The molecule has 3 amide bonds. The van der Waals surface area contributed by atoms with Crippen LogP contribution in [0.4, 0.5) is 14.5 Å². The van der Waals surface area contributed by atoms with Gasteiger partial charge in [-0.15, -0.1) is 0 Å². The van der Waals surface area contributed by atoms with Gasteiger partial charge in [0, 0.05) is 6.54 Å². The maximum Gasteiger partial charge on any atom is 0.251 e. The molecule has 35 heavy (non-hydrogen) atoms. The van der Waals surface area contributed by atoms with Crippen LogP contribution in [0.25, 0.3) is 0 Å². The van der Waals surface area contributed by atoms with Crippen LogP contribution in [0.3, 0.4) is 0 Å². The van der Waals surface area contributed by atoms with Gasteiger partial charge in [-0.1, -0.05) is 50.6 Å². The number of hydrogen-bond acceptors (Lipinski definition) is 4. The standard InChI is InChI=1S/C26H32F2N4O3/c1-5-15(2)21(30-24(33)16(3)29-4)26(35)32-14-13-17-9-6-7-10-18(17)23(32)25(34)31-22-19(27)11-8-12-20(22)28/h6-12,15-16,21,23,29H,5,13-14H2,1-4H3,(H,30,33)(H,31,34). The lowest BCUT2D eigenvalue weighted by Crippen LogP contribution is -2.57. The highest BCUT2D eigenvalue weighted by Crippen LogP contribution is 2.33. The Morgan fingerprint density at radius 3 is 2.34 bits per heavy atom. The van der Waals surface area contributed by atoms with Gasteiger partial charge in [0.05, 0.1) is 6.04 Å². The molecule has 2 aromatic rings. The number of nitrogens with one attached hydrogen (secondary N) is 3. The van der Waals surface area contributed by atoms with Crippen molar-refractivity contribution < 1.29 is 23.2 Å². The molecule has 4 unspecified atom stereocenters. The molecule has 0 saturated carbocycles. The summed E-state index contributed by atoms with van der Waals surface area (Å²) in [5.41, 5.74) is 0.889. The van der Waals surface area contributed by atoms with Crippen molar-refractivity contribution in [1.29, 1.82) is 0 Å². The molecule has 1 aliphatic rings. The van der Waals surface area contributed by atoms with E-state index >= 15 is 0 Å². The van der Waals surface area contributed by atoms with Crippen LogP contribution in [0.15, 0.2) is 42.5 Å². The van der Waals surface area contributed by atoms with E-state index in [2.05, 4.69) is 16.0 Å². The van der Waals surface area contributed by atoms with Crippen LogP contribution < -0.4 is 16.0 Å². The highest BCUT2D eigenvalue weighted by atomic mass is 19.1. The Bertz CT molecular complexity index is 1070. The molecule has 3 N–H and O–H groups in total. The van der Waals surface area contributed by atoms with E-state index in [4.69, 9.17) is 0 Å². The molecule has 7 nitrogen and oxygen atoms in total. The van der Waals surface area contributed by atoms with E-state index in [1.54, 1.807) is 26.1 Å². The maximum absolute atomic E-state index is 14.3. The van der Waals surface area contributed by atoms with Crippen molar-refractivity contribution in [3.8, 4) is 0 Å². The summed E-state index contributed by atoms with van der Waals surface area (Å²) in [6.45, 7) is 5.67. The third-order valence-electron chi connectivity index (χ3n) is 6.63. The molecule has 0 radical (unpaired) electrons. The number of carbonyl (C=O) groups excluding carboxylic acids is 3.